The molecule has 2 aromatic rings. The third-order valence-corrected chi connectivity index (χ3v) is 2.95. The summed E-state index contributed by atoms with van der Waals surface area (Å²) in [6, 6.07) is 7.58. The van der Waals surface area contributed by atoms with E-state index in [-0.39, 0.29) is 5.91 Å². The number of nitrogen functional groups attached to an aromatic ring is 1. The summed E-state index contributed by atoms with van der Waals surface area (Å²) in [6.07, 6.45) is 2.18. The van der Waals surface area contributed by atoms with Gasteiger partial charge in [-0.25, -0.2) is 0 Å². The number of aromatic nitrogens is 1. The first-order valence-electron chi connectivity index (χ1n) is 6.17. The van der Waals surface area contributed by atoms with Crippen molar-refractivity contribution in [3.8, 4) is 0 Å². The fourth-order valence-electron chi connectivity index (χ4n) is 1.88. The topological polar surface area (TPSA) is 71.2 Å². The van der Waals surface area contributed by atoms with Crippen LogP contribution in [0.2, 0.25) is 0 Å². The number of fused-ring (bicyclic) bond motifs is 1. The molecule has 0 aliphatic heterocycles. The van der Waals surface area contributed by atoms with Crippen molar-refractivity contribution in [3.63, 3.8) is 0 Å². The maximum atomic E-state index is 11.5. The second-order valence-corrected chi connectivity index (χ2v) is 4.57. The standard InChI is InChI=1S/C14H18N4O/c1-18(2)13(19)7-9-16-12-6-5-11(15)14-10(12)4-3-8-17-14/h3-6,8,16H,7,9,15H2,1-2H3. The number of pyridine rings is 1. The van der Waals surface area contributed by atoms with Crippen LogP contribution in [0, 0.1) is 0 Å². The summed E-state index contributed by atoms with van der Waals surface area (Å²) in [5, 5.41) is 4.23. The molecular weight excluding hydrogens is 240 g/mol. The van der Waals surface area contributed by atoms with Gasteiger partial charge in [-0.15, -0.1) is 0 Å². The monoisotopic (exact) mass is 258 g/mol. The van der Waals surface area contributed by atoms with Crippen molar-refractivity contribution in [2.24, 2.45) is 0 Å². The van der Waals surface area contributed by atoms with E-state index in [1.807, 2.05) is 24.3 Å². The van der Waals surface area contributed by atoms with Crippen molar-refractivity contribution in [1.29, 1.82) is 0 Å². The first kappa shape index (κ1) is 13.1. The van der Waals surface area contributed by atoms with Crippen LogP contribution in [0.25, 0.3) is 10.9 Å². The van der Waals surface area contributed by atoms with Gasteiger partial charge in [-0.2, -0.15) is 0 Å². The summed E-state index contributed by atoms with van der Waals surface area (Å²) in [7, 11) is 3.51. The van der Waals surface area contributed by atoms with Crippen LogP contribution < -0.4 is 11.1 Å². The van der Waals surface area contributed by atoms with Crippen molar-refractivity contribution >= 4 is 28.2 Å². The minimum Gasteiger partial charge on any atom is -0.397 e. The van der Waals surface area contributed by atoms with Crippen LogP contribution >= 0.6 is 0 Å². The highest BCUT2D eigenvalue weighted by molar-refractivity contribution is 5.98. The minimum atomic E-state index is 0.102. The molecule has 0 bridgehead atoms. The van der Waals surface area contributed by atoms with Crippen LogP contribution in [0.4, 0.5) is 11.4 Å². The number of rotatable bonds is 4. The summed E-state index contributed by atoms with van der Waals surface area (Å²) in [5.41, 5.74) is 8.28. The van der Waals surface area contributed by atoms with Gasteiger partial charge in [0.25, 0.3) is 0 Å². The highest BCUT2D eigenvalue weighted by Crippen LogP contribution is 2.26. The first-order valence-corrected chi connectivity index (χ1v) is 6.17. The Morgan fingerprint density at radius 1 is 1.37 bits per heavy atom. The Balaban J connectivity index is 2.13. The third kappa shape index (κ3) is 2.93. The summed E-state index contributed by atoms with van der Waals surface area (Å²) in [6.45, 7) is 0.588. The van der Waals surface area contributed by atoms with Gasteiger partial charge in [0.1, 0.15) is 0 Å². The molecule has 0 aliphatic carbocycles. The maximum absolute atomic E-state index is 11.5. The molecule has 3 N–H and O–H groups in total. The van der Waals surface area contributed by atoms with Gasteiger partial charge in [-0.1, -0.05) is 0 Å². The highest BCUT2D eigenvalue weighted by atomic mass is 16.2. The molecule has 1 aromatic carbocycles. The lowest BCUT2D eigenvalue weighted by atomic mass is 10.1. The molecule has 5 nitrogen and oxygen atoms in total. The normalized spacial score (nSPS) is 10.4. The number of amides is 1. The number of nitrogens with zero attached hydrogens (tertiary/aromatic N) is 2. The smallest absolute Gasteiger partial charge is 0.223 e. The molecule has 0 spiro atoms. The largest absolute Gasteiger partial charge is 0.397 e. The number of nitrogens with two attached hydrogens (primary N) is 1. The predicted molar refractivity (Wildman–Crippen MR) is 78.0 cm³/mol. The molecule has 0 radical (unpaired) electrons. The van der Waals surface area contributed by atoms with Gasteiger partial charge in [-0.3, -0.25) is 9.78 Å². The zero-order chi connectivity index (χ0) is 13.8. The molecule has 0 saturated heterocycles. The number of hydrogen-bond acceptors (Lipinski definition) is 4. The molecule has 1 heterocycles. The lowest BCUT2D eigenvalue weighted by Crippen LogP contribution is -2.23. The van der Waals surface area contributed by atoms with E-state index < -0.39 is 0 Å². The van der Waals surface area contributed by atoms with Crippen molar-refractivity contribution in [1.82, 2.24) is 9.88 Å². The van der Waals surface area contributed by atoms with E-state index in [2.05, 4.69) is 10.3 Å². The van der Waals surface area contributed by atoms with Crippen LogP contribution in [0.5, 0.6) is 0 Å². The van der Waals surface area contributed by atoms with Crippen LogP contribution in [-0.4, -0.2) is 36.4 Å². The van der Waals surface area contributed by atoms with Gasteiger partial charge >= 0.3 is 0 Å². The van der Waals surface area contributed by atoms with Gasteiger partial charge < -0.3 is 16.0 Å². The van der Waals surface area contributed by atoms with Gasteiger partial charge in [0, 0.05) is 44.3 Å². The minimum absolute atomic E-state index is 0.102. The number of anilines is 2. The van der Waals surface area contributed by atoms with Crippen LogP contribution in [0.3, 0.4) is 0 Å². The van der Waals surface area contributed by atoms with Crippen LogP contribution in [-0.2, 0) is 4.79 Å². The fraction of sp³-hybridized carbons (Fsp3) is 0.286. The average molecular weight is 258 g/mol. The Hall–Kier alpha value is -2.30. The zero-order valence-electron chi connectivity index (χ0n) is 11.2. The Labute approximate surface area is 112 Å². The fourth-order valence-corrected chi connectivity index (χ4v) is 1.88. The van der Waals surface area contributed by atoms with E-state index in [0.717, 1.165) is 16.6 Å². The summed E-state index contributed by atoms with van der Waals surface area (Å²) < 4.78 is 0. The van der Waals surface area contributed by atoms with Crippen molar-refractivity contribution in [3.05, 3.63) is 30.5 Å². The SMILES string of the molecule is CN(C)C(=O)CCNc1ccc(N)c2ncccc12. The Morgan fingerprint density at radius 2 is 2.16 bits per heavy atom. The van der Waals surface area contributed by atoms with Crippen molar-refractivity contribution < 1.29 is 4.79 Å². The molecule has 1 aromatic heterocycles. The summed E-state index contributed by atoms with van der Waals surface area (Å²) >= 11 is 0. The number of carbonyl (C=O) groups is 1. The summed E-state index contributed by atoms with van der Waals surface area (Å²) in [4.78, 5) is 17.4. The second-order valence-electron chi connectivity index (χ2n) is 4.57. The molecule has 0 aliphatic rings. The molecule has 5 heteroatoms. The Morgan fingerprint density at radius 3 is 2.89 bits per heavy atom. The number of benzene rings is 1. The molecular formula is C14H18N4O. The van der Waals surface area contributed by atoms with Crippen LogP contribution in [0.1, 0.15) is 6.42 Å². The molecule has 0 atom stereocenters. The van der Waals surface area contributed by atoms with E-state index in [9.17, 15) is 4.79 Å². The lowest BCUT2D eigenvalue weighted by molar-refractivity contribution is -0.128. The van der Waals surface area contributed by atoms with E-state index >= 15 is 0 Å². The van der Waals surface area contributed by atoms with E-state index in [4.69, 9.17) is 5.73 Å². The third-order valence-electron chi connectivity index (χ3n) is 2.95. The van der Waals surface area contributed by atoms with Gasteiger partial charge in [0.05, 0.1) is 11.2 Å². The first-order chi connectivity index (χ1) is 9.09. The van der Waals surface area contributed by atoms with Crippen LogP contribution in [0.15, 0.2) is 30.5 Å². The van der Waals surface area contributed by atoms with E-state index in [1.165, 1.54) is 0 Å². The lowest BCUT2D eigenvalue weighted by Gasteiger charge is -2.13. The molecule has 100 valence electrons. The molecule has 0 fully saturated rings. The molecule has 0 saturated carbocycles. The highest BCUT2D eigenvalue weighted by Gasteiger charge is 2.06. The second kappa shape index (κ2) is 5.56. The van der Waals surface area contributed by atoms with E-state index in [0.29, 0.717) is 18.7 Å². The van der Waals surface area contributed by atoms with Crippen molar-refractivity contribution in [2.75, 3.05) is 31.7 Å². The maximum Gasteiger partial charge on any atom is 0.223 e. The van der Waals surface area contributed by atoms with Gasteiger partial charge in [0.15, 0.2) is 0 Å². The molecule has 2 rings (SSSR count). The molecule has 1 amide bonds. The number of hydrogen-bond donors (Lipinski definition) is 2. The van der Waals surface area contributed by atoms with Gasteiger partial charge in [-0.05, 0) is 24.3 Å². The molecule has 19 heavy (non-hydrogen) atoms. The average Bonchev–Trinajstić information content (AvgIpc) is 2.41. The van der Waals surface area contributed by atoms with Gasteiger partial charge in [0.2, 0.25) is 5.91 Å². The quantitative estimate of drug-likeness (QED) is 0.819. The van der Waals surface area contributed by atoms with Crippen molar-refractivity contribution in [2.45, 2.75) is 6.42 Å². The van der Waals surface area contributed by atoms with E-state index in [1.54, 1.807) is 25.2 Å². The number of nitrogens with one attached hydrogen (secondary N) is 1. The Kier molecular flexibility index (Phi) is 3.85. The summed E-state index contributed by atoms with van der Waals surface area (Å²) in [5.74, 6) is 0.102. The molecule has 0 unspecified atom stereocenters. The predicted octanol–water partition coefficient (Wildman–Crippen LogP) is 1.71. The zero-order valence-corrected chi connectivity index (χ0v) is 11.2. The number of carbonyl (C=O) groups excluding carboxylic acids is 1. The Bertz CT molecular complexity index is 595.